The summed E-state index contributed by atoms with van der Waals surface area (Å²) in [5.74, 6) is 0. The Morgan fingerprint density at radius 3 is 2.45 bits per heavy atom. The lowest BCUT2D eigenvalue weighted by Crippen LogP contribution is -2.49. The first-order valence-corrected chi connectivity index (χ1v) is 4.86. The predicted octanol–water partition coefficient (Wildman–Crippen LogP) is 0.962. The van der Waals surface area contributed by atoms with E-state index in [1.165, 1.54) is 45.2 Å². The van der Waals surface area contributed by atoms with E-state index in [-0.39, 0.29) is 0 Å². The summed E-state index contributed by atoms with van der Waals surface area (Å²) in [6.45, 7) is 2.66. The molecule has 2 heteroatoms. The molecule has 1 heterocycles. The number of nitrogens with zero attached hydrogens (tertiary/aromatic N) is 1. The quantitative estimate of drug-likeness (QED) is 0.609. The summed E-state index contributed by atoms with van der Waals surface area (Å²) >= 11 is 0. The molecule has 1 aliphatic carbocycles. The standard InChI is InChI=1S/C9H18N2/c10-8-3-1-4-9(7-8)11-5-2-6-11/h8-9H,1-7,10H2. The molecule has 0 radical (unpaired) electrons. The Morgan fingerprint density at radius 1 is 1.09 bits per heavy atom. The van der Waals surface area contributed by atoms with Gasteiger partial charge in [-0.05, 0) is 38.8 Å². The van der Waals surface area contributed by atoms with E-state index in [0.29, 0.717) is 6.04 Å². The fourth-order valence-electron chi connectivity index (χ4n) is 2.24. The first-order valence-electron chi connectivity index (χ1n) is 4.86. The number of nitrogens with two attached hydrogens (primary N) is 1. The molecule has 0 aromatic heterocycles. The van der Waals surface area contributed by atoms with Gasteiger partial charge >= 0.3 is 0 Å². The maximum absolute atomic E-state index is 5.92. The molecule has 2 nitrogen and oxygen atoms in total. The van der Waals surface area contributed by atoms with E-state index in [1.807, 2.05) is 0 Å². The molecule has 11 heavy (non-hydrogen) atoms. The minimum Gasteiger partial charge on any atom is -0.328 e. The summed E-state index contributed by atoms with van der Waals surface area (Å²) in [6.07, 6.45) is 6.66. The Balaban J connectivity index is 1.82. The van der Waals surface area contributed by atoms with Crippen LogP contribution in [0, 0.1) is 0 Å². The summed E-state index contributed by atoms with van der Waals surface area (Å²) in [5, 5.41) is 0. The molecule has 0 aromatic carbocycles. The van der Waals surface area contributed by atoms with Crippen LogP contribution in [0.3, 0.4) is 0 Å². The molecule has 1 aliphatic heterocycles. The lowest BCUT2D eigenvalue weighted by atomic mass is 9.89. The molecule has 0 spiro atoms. The number of rotatable bonds is 1. The van der Waals surface area contributed by atoms with Gasteiger partial charge in [-0.15, -0.1) is 0 Å². The molecule has 1 saturated heterocycles. The van der Waals surface area contributed by atoms with Crippen LogP contribution in [-0.4, -0.2) is 30.1 Å². The van der Waals surface area contributed by atoms with Crippen molar-refractivity contribution in [3.05, 3.63) is 0 Å². The molecule has 0 bridgehead atoms. The zero-order valence-electron chi connectivity index (χ0n) is 7.13. The molecular formula is C9H18N2. The SMILES string of the molecule is NC1CCCC(N2CCC2)C1. The monoisotopic (exact) mass is 154 g/mol. The molecule has 0 amide bonds. The molecule has 2 rings (SSSR count). The van der Waals surface area contributed by atoms with Gasteiger partial charge in [-0.3, -0.25) is 0 Å². The molecule has 64 valence electrons. The average Bonchev–Trinajstić information content (AvgIpc) is 1.83. The van der Waals surface area contributed by atoms with Gasteiger partial charge in [-0.25, -0.2) is 0 Å². The Labute approximate surface area is 68.7 Å². The lowest BCUT2D eigenvalue weighted by Gasteiger charge is -2.41. The Kier molecular flexibility index (Phi) is 2.14. The fourth-order valence-corrected chi connectivity index (χ4v) is 2.24. The van der Waals surface area contributed by atoms with Crippen molar-refractivity contribution in [1.29, 1.82) is 0 Å². The van der Waals surface area contributed by atoms with E-state index in [1.54, 1.807) is 0 Å². The Hall–Kier alpha value is -0.0800. The third-order valence-electron chi connectivity index (χ3n) is 3.09. The molecule has 2 atom stereocenters. The Morgan fingerprint density at radius 2 is 1.91 bits per heavy atom. The minimum atomic E-state index is 0.495. The third-order valence-corrected chi connectivity index (χ3v) is 3.09. The Bertz CT molecular complexity index is 132. The molecule has 0 aromatic rings. The van der Waals surface area contributed by atoms with Crippen molar-refractivity contribution in [3.8, 4) is 0 Å². The van der Waals surface area contributed by atoms with Gasteiger partial charge in [-0.2, -0.15) is 0 Å². The topological polar surface area (TPSA) is 29.3 Å². The van der Waals surface area contributed by atoms with E-state index < -0.39 is 0 Å². The van der Waals surface area contributed by atoms with E-state index in [9.17, 15) is 0 Å². The largest absolute Gasteiger partial charge is 0.328 e. The van der Waals surface area contributed by atoms with Gasteiger partial charge in [0, 0.05) is 12.1 Å². The van der Waals surface area contributed by atoms with Gasteiger partial charge in [0.25, 0.3) is 0 Å². The smallest absolute Gasteiger partial charge is 0.0110 e. The zero-order chi connectivity index (χ0) is 7.68. The normalized spacial score (nSPS) is 40.1. The van der Waals surface area contributed by atoms with Crippen LogP contribution in [0.25, 0.3) is 0 Å². The fraction of sp³-hybridized carbons (Fsp3) is 1.00. The third kappa shape index (κ3) is 1.57. The zero-order valence-corrected chi connectivity index (χ0v) is 7.13. The highest BCUT2D eigenvalue weighted by molar-refractivity contribution is 4.85. The second-order valence-corrected chi connectivity index (χ2v) is 3.97. The van der Waals surface area contributed by atoms with Gasteiger partial charge in [0.1, 0.15) is 0 Å². The van der Waals surface area contributed by atoms with Crippen molar-refractivity contribution < 1.29 is 0 Å². The minimum absolute atomic E-state index is 0.495. The van der Waals surface area contributed by atoms with Crippen LogP contribution in [-0.2, 0) is 0 Å². The molecule has 2 aliphatic rings. The number of likely N-dealkylation sites (tertiary alicyclic amines) is 1. The van der Waals surface area contributed by atoms with E-state index in [0.717, 1.165) is 6.04 Å². The van der Waals surface area contributed by atoms with Crippen LogP contribution in [0.1, 0.15) is 32.1 Å². The van der Waals surface area contributed by atoms with Gasteiger partial charge in [-0.1, -0.05) is 6.42 Å². The average molecular weight is 154 g/mol. The second kappa shape index (κ2) is 3.11. The highest BCUT2D eigenvalue weighted by Gasteiger charge is 2.27. The van der Waals surface area contributed by atoms with Crippen molar-refractivity contribution >= 4 is 0 Å². The highest BCUT2D eigenvalue weighted by Crippen LogP contribution is 2.25. The van der Waals surface area contributed by atoms with Crippen molar-refractivity contribution in [2.75, 3.05) is 13.1 Å². The summed E-state index contributed by atoms with van der Waals surface area (Å²) in [4.78, 5) is 2.60. The maximum Gasteiger partial charge on any atom is 0.0110 e. The van der Waals surface area contributed by atoms with Crippen LogP contribution in [0.15, 0.2) is 0 Å². The van der Waals surface area contributed by atoms with Crippen LogP contribution in [0.4, 0.5) is 0 Å². The van der Waals surface area contributed by atoms with Crippen LogP contribution < -0.4 is 5.73 Å². The van der Waals surface area contributed by atoms with Gasteiger partial charge in [0.15, 0.2) is 0 Å². The van der Waals surface area contributed by atoms with Crippen LogP contribution >= 0.6 is 0 Å². The van der Waals surface area contributed by atoms with E-state index >= 15 is 0 Å². The lowest BCUT2D eigenvalue weighted by molar-refractivity contribution is 0.0857. The summed E-state index contributed by atoms with van der Waals surface area (Å²) in [5.41, 5.74) is 5.92. The van der Waals surface area contributed by atoms with Crippen molar-refractivity contribution in [2.24, 2.45) is 5.73 Å². The summed E-state index contributed by atoms with van der Waals surface area (Å²) in [7, 11) is 0. The number of hydrogen-bond acceptors (Lipinski definition) is 2. The summed E-state index contributed by atoms with van der Waals surface area (Å²) in [6, 6.07) is 1.34. The van der Waals surface area contributed by atoms with Crippen molar-refractivity contribution in [1.82, 2.24) is 4.90 Å². The maximum atomic E-state index is 5.92. The van der Waals surface area contributed by atoms with Crippen LogP contribution in [0.2, 0.25) is 0 Å². The molecule has 1 saturated carbocycles. The van der Waals surface area contributed by atoms with Gasteiger partial charge in [0.05, 0.1) is 0 Å². The number of hydrogen-bond donors (Lipinski definition) is 1. The predicted molar refractivity (Wildman–Crippen MR) is 46.4 cm³/mol. The molecule has 2 N–H and O–H groups in total. The molecule has 2 unspecified atom stereocenters. The summed E-state index contributed by atoms with van der Waals surface area (Å²) < 4.78 is 0. The molecular weight excluding hydrogens is 136 g/mol. The van der Waals surface area contributed by atoms with Gasteiger partial charge in [0.2, 0.25) is 0 Å². The van der Waals surface area contributed by atoms with E-state index in [4.69, 9.17) is 5.73 Å². The van der Waals surface area contributed by atoms with Crippen molar-refractivity contribution in [3.63, 3.8) is 0 Å². The van der Waals surface area contributed by atoms with Crippen molar-refractivity contribution in [2.45, 2.75) is 44.2 Å². The second-order valence-electron chi connectivity index (χ2n) is 3.97. The van der Waals surface area contributed by atoms with Gasteiger partial charge < -0.3 is 10.6 Å². The van der Waals surface area contributed by atoms with Crippen LogP contribution in [0.5, 0.6) is 0 Å². The van der Waals surface area contributed by atoms with E-state index in [2.05, 4.69) is 4.90 Å². The first kappa shape index (κ1) is 7.56. The molecule has 2 fully saturated rings. The highest BCUT2D eigenvalue weighted by atomic mass is 15.2. The first-order chi connectivity index (χ1) is 5.36.